The third-order valence-corrected chi connectivity index (χ3v) is 7.37. The number of nitrogens with zero attached hydrogens (tertiary/aromatic N) is 5. The molecular weight excluding hydrogens is 516 g/mol. The number of pyridine rings is 1. The molecule has 4 rings (SSSR count). The van der Waals surface area contributed by atoms with Crippen LogP contribution in [0.5, 0.6) is 0 Å². The normalized spacial score (nSPS) is 15.9. The molecular formula is C32H44N6O3. The molecule has 3 heterocycles. The molecule has 1 fully saturated rings. The van der Waals surface area contributed by atoms with E-state index in [1.807, 2.05) is 73.2 Å². The summed E-state index contributed by atoms with van der Waals surface area (Å²) in [6.07, 6.45) is 7.16. The van der Waals surface area contributed by atoms with Crippen LogP contribution in [-0.2, 0) is 16.8 Å². The lowest BCUT2D eigenvalue weighted by Gasteiger charge is -2.39. The summed E-state index contributed by atoms with van der Waals surface area (Å²) in [4.78, 5) is 33.9. The summed E-state index contributed by atoms with van der Waals surface area (Å²) in [5.74, 6) is -0.191. The SMILES string of the molecule is Cc1cc(-c2ccncc2N2CCCC(N(C)C(=O)OC(C)(C)C)C2)ccc1CNC(=O)c1ccn(C(C)(C)C)n1. The Morgan fingerprint density at radius 1 is 1.12 bits per heavy atom. The number of carbonyl (C=O) groups is 2. The van der Waals surface area contributed by atoms with Crippen LogP contribution < -0.4 is 10.2 Å². The number of piperidine rings is 1. The van der Waals surface area contributed by atoms with Gasteiger partial charge in [0.2, 0.25) is 0 Å². The average Bonchev–Trinajstić information content (AvgIpc) is 3.42. The Kier molecular flexibility index (Phi) is 8.75. The zero-order chi connectivity index (χ0) is 29.9. The number of likely N-dealkylation sites (N-methyl/N-ethyl adjacent to an activating group) is 1. The number of hydrogen-bond acceptors (Lipinski definition) is 6. The molecule has 3 aromatic rings. The molecule has 1 N–H and O–H groups in total. The van der Waals surface area contributed by atoms with E-state index >= 15 is 0 Å². The highest BCUT2D eigenvalue weighted by molar-refractivity contribution is 5.92. The van der Waals surface area contributed by atoms with Crippen molar-refractivity contribution in [3.63, 3.8) is 0 Å². The number of nitrogens with one attached hydrogen (secondary N) is 1. The number of anilines is 1. The Hall–Kier alpha value is -3.88. The Morgan fingerprint density at radius 3 is 2.54 bits per heavy atom. The van der Waals surface area contributed by atoms with Crippen LogP contribution in [0.1, 0.15) is 76.0 Å². The lowest BCUT2D eigenvalue weighted by Crippen LogP contribution is -2.50. The van der Waals surface area contributed by atoms with Crippen molar-refractivity contribution in [2.45, 2.75) is 85.0 Å². The topological polar surface area (TPSA) is 92.6 Å². The van der Waals surface area contributed by atoms with Crippen LogP contribution in [0.2, 0.25) is 0 Å². The molecule has 1 aromatic carbocycles. The highest BCUT2D eigenvalue weighted by Gasteiger charge is 2.30. The number of ether oxygens (including phenoxy) is 1. The fourth-order valence-corrected chi connectivity index (χ4v) is 5.00. The van der Waals surface area contributed by atoms with E-state index in [1.165, 1.54) is 0 Å². The van der Waals surface area contributed by atoms with E-state index in [4.69, 9.17) is 4.74 Å². The number of aromatic nitrogens is 3. The van der Waals surface area contributed by atoms with Crippen molar-refractivity contribution in [3.8, 4) is 11.1 Å². The van der Waals surface area contributed by atoms with Crippen LogP contribution in [-0.4, -0.2) is 63.4 Å². The van der Waals surface area contributed by atoms with E-state index in [-0.39, 0.29) is 23.6 Å². The lowest BCUT2D eigenvalue weighted by atomic mass is 9.97. The van der Waals surface area contributed by atoms with Crippen molar-refractivity contribution in [1.82, 2.24) is 25.0 Å². The van der Waals surface area contributed by atoms with Gasteiger partial charge in [-0.15, -0.1) is 0 Å². The number of amides is 2. The first-order chi connectivity index (χ1) is 19.2. The first-order valence-electron chi connectivity index (χ1n) is 14.3. The minimum Gasteiger partial charge on any atom is -0.444 e. The summed E-state index contributed by atoms with van der Waals surface area (Å²) >= 11 is 0. The van der Waals surface area contributed by atoms with Gasteiger partial charge in [-0.05, 0) is 90.1 Å². The van der Waals surface area contributed by atoms with Gasteiger partial charge in [0.25, 0.3) is 5.91 Å². The van der Waals surface area contributed by atoms with E-state index in [0.717, 1.165) is 47.3 Å². The maximum absolute atomic E-state index is 12.7. The van der Waals surface area contributed by atoms with Gasteiger partial charge in [-0.3, -0.25) is 14.5 Å². The van der Waals surface area contributed by atoms with Gasteiger partial charge >= 0.3 is 6.09 Å². The monoisotopic (exact) mass is 560 g/mol. The van der Waals surface area contributed by atoms with Crippen molar-refractivity contribution < 1.29 is 14.3 Å². The summed E-state index contributed by atoms with van der Waals surface area (Å²) in [6.45, 7) is 15.9. The van der Waals surface area contributed by atoms with E-state index in [9.17, 15) is 9.59 Å². The van der Waals surface area contributed by atoms with Crippen LogP contribution in [0.3, 0.4) is 0 Å². The average molecular weight is 561 g/mol. The molecule has 0 radical (unpaired) electrons. The Bertz CT molecular complexity index is 1380. The molecule has 2 amide bonds. The summed E-state index contributed by atoms with van der Waals surface area (Å²) < 4.78 is 7.41. The second-order valence-corrected chi connectivity index (χ2v) is 12.9. The quantitative estimate of drug-likeness (QED) is 0.411. The van der Waals surface area contributed by atoms with Gasteiger partial charge in [0, 0.05) is 44.6 Å². The summed E-state index contributed by atoms with van der Waals surface area (Å²) in [5, 5.41) is 7.44. The van der Waals surface area contributed by atoms with Gasteiger partial charge in [-0.1, -0.05) is 18.2 Å². The number of rotatable bonds is 6. The van der Waals surface area contributed by atoms with Crippen LogP contribution in [0.15, 0.2) is 48.9 Å². The van der Waals surface area contributed by atoms with Crippen molar-refractivity contribution in [3.05, 3.63) is 65.7 Å². The fraction of sp³-hybridized carbons (Fsp3) is 0.500. The molecule has 1 aliphatic heterocycles. The highest BCUT2D eigenvalue weighted by atomic mass is 16.6. The summed E-state index contributed by atoms with van der Waals surface area (Å²) in [6, 6.07) is 10.2. The summed E-state index contributed by atoms with van der Waals surface area (Å²) in [5.41, 5.74) is 5.06. The van der Waals surface area contributed by atoms with Crippen molar-refractivity contribution >= 4 is 17.7 Å². The molecule has 0 spiro atoms. The number of hydrogen-bond donors (Lipinski definition) is 1. The molecule has 2 aromatic heterocycles. The van der Waals surface area contributed by atoms with Crippen molar-refractivity contribution in [2.75, 3.05) is 25.0 Å². The van der Waals surface area contributed by atoms with Crippen LogP contribution in [0.25, 0.3) is 11.1 Å². The molecule has 0 saturated carbocycles. The molecule has 220 valence electrons. The molecule has 0 aliphatic carbocycles. The standard InChI is InChI=1S/C32H44N6O3/c1-22-18-23(11-12-24(22)19-34-29(39)27-14-17-38(35-27)31(2,3)4)26-13-15-33-20-28(26)37-16-9-10-25(21-37)36(8)30(40)41-32(5,6)7/h11-15,17-18,20,25H,9-10,16,19,21H2,1-8H3,(H,34,39). The van der Waals surface area contributed by atoms with E-state index < -0.39 is 5.60 Å². The highest BCUT2D eigenvalue weighted by Crippen LogP contribution is 2.33. The smallest absolute Gasteiger partial charge is 0.410 e. The third-order valence-electron chi connectivity index (χ3n) is 7.37. The molecule has 41 heavy (non-hydrogen) atoms. The van der Waals surface area contributed by atoms with Crippen LogP contribution in [0, 0.1) is 6.92 Å². The molecule has 1 aliphatic rings. The predicted molar refractivity (Wildman–Crippen MR) is 162 cm³/mol. The Labute approximate surface area is 243 Å². The van der Waals surface area contributed by atoms with Gasteiger partial charge in [-0.25, -0.2) is 4.79 Å². The number of carbonyl (C=O) groups excluding carboxylic acids is 2. The van der Waals surface area contributed by atoms with Gasteiger partial charge in [0.1, 0.15) is 11.3 Å². The van der Waals surface area contributed by atoms with Gasteiger partial charge in [-0.2, -0.15) is 5.10 Å². The molecule has 9 heteroatoms. The molecule has 1 atom stereocenters. The van der Waals surface area contributed by atoms with E-state index in [1.54, 1.807) is 15.6 Å². The van der Waals surface area contributed by atoms with Crippen LogP contribution in [0.4, 0.5) is 10.5 Å². The maximum atomic E-state index is 12.7. The third kappa shape index (κ3) is 7.45. The fourth-order valence-electron chi connectivity index (χ4n) is 5.00. The lowest BCUT2D eigenvalue weighted by molar-refractivity contribution is 0.0209. The largest absolute Gasteiger partial charge is 0.444 e. The minimum atomic E-state index is -0.530. The second kappa shape index (κ2) is 11.9. The van der Waals surface area contributed by atoms with Gasteiger partial charge < -0.3 is 19.9 Å². The van der Waals surface area contributed by atoms with E-state index in [0.29, 0.717) is 18.8 Å². The maximum Gasteiger partial charge on any atom is 0.410 e. The van der Waals surface area contributed by atoms with Gasteiger partial charge in [0.15, 0.2) is 0 Å². The second-order valence-electron chi connectivity index (χ2n) is 12.9. The van der Waals surface area contributed by atoms with Crippen LogP contribution >= 0.6 is 0 Å². The Morgan fingerprint density at radius 2 is 1.88 bits per heavy atom. The summed E-state index contributed by atoms with van der Waals surface area (Å²) in [7, 11) is 1.82. The van der Waals surface area contributed by atoms with Crippen molar-refractivity contribution in [2.24, 2.45) is 0 Å². The molecule has 1 unspecified atom stereocenters. The zero-order valence-electron chi connectivity index (χ0n) is 25.7. The first kappa shape index (κ1) is 30.1. The molecule has 9 nitrogen and oxygen atoms in total. The first-order valence-corrected chi connectivity index (χ1v) is 14.3. The number of aryl methyl sites for hydroxylation is 1. The van der Waals surface area contributed by atoms with Gasteiger partial charge in [0.05, 0.1) is 23.5 Å². The minimum absolute atomic E-state index is 0.0502. The van der Waals surface area contributed by atoms with E-state index in [2.05, 4.69) is 45.4 Å². The molecule has 1 saturated heterocycles. The van der Waals surface area contributed by atoms with Crippen molar-refractivity contribution in [1.29, 1.82) is 0 Å². The molecule has 0 bridgehead atoms. The predicted octanol–water partition coefficient (Wildman–Crippen LogP) is 5.77. The zero-order valence-corrected chi connectivity index (χ0v) is 25.7. The number of benzene rings is 1. The Balaban J connectivity index is 1.46.